The highest BCUT2D eigenvalue weighted by atomic mass is 16.5. The average molecular weight is 291 g/mol. The zero-order valence-electron chi connectivity index (χ0n) is 11.8. The van der Waals surface area contributed by atoms with Crippen LogP contribution in [0.4, 0.5) is 4.79 Å². The molecule has 0 aliphatic rings. The van der Waals surface area contributed by atoms with Gasteiger partial charge in [0.1, 0.15) is 6.54 Å². The number of carbonyl (C=O) groups excluding carboxylic acids is 2. The number of aliphatic carboxylic acids is 1. The van der Waals surface area contributed by atoms with E-state index in [4.69, 9.17) is 9.84 Å². The Labute approximate surface area is 117 Å². The molecule has 0 aromatic rings. The van der Waals surface area contributed by atoms with Crippen molar-refractivity contribution in [3.8, 4) is 0 Å². The van der Waals surface area contributed by atoms with Crippen molar-refractivity contribution >= 4 is 17.9 Å². The summed E-state index contributed by atoms with van der Waals surface area (Å²) < 4.78 is 9.45. The van der Waals surface area contributed by atoms with Crippen molar-refractivity contribution in [2.45, 2.75) is 6.04 Å². The molecule has 0 saturated carbocycles. The van der Waals surface area contributed by atoms with Gasteiger partial charge in [-0.3, -0.25) is 4.79 Å². The minimum atomic E-state index is -1.21. The summed E-state index contributed by atoms with van der Waals surface area (Å²) in [5.41, 5.74) is 0. The van der Waals surface area contributed by atoms with Gasteiger partial charge in [0.05, 0.1) is 13.2 Å². The summed E-state index contributed by atoms with van der Waals surface area (Å²) in [7, 11) is 4.22. The molecule has 3 amide bonds. The fourth-order valence-corrected chi connectivity index (χ4v) is 1.24. The number of amides is 3. The lowest BCUT2D eigenvalue weighted by Gasteiger charge is -2.20. The molecule has 116 valence electrons. The largest absolute Gasteiger partial charge is 0.480 e. The van der Waals surface area contributed by atoms with Crippen LogP contribution in [-0.4, -0.2) is 81.5 Å². The summed E-state index contributed by atoms with van der Waals surface area (Å²) in [6.45, 7) is 0.368. The molecular weight excluding hydrogens is 270 g/mol. The molecule has 0 aromatic carbocycles. The van der Waals surface area contributed by atoms with Gasteiger partial charge in [-0.15, -0.1) is 0 Å². The summed E-state index contributed by atoms with van der Waals surface area (Å²) in [5.74, 6) is -1.57. The first-order chi connectivity index (χ1) is 9.42. The number of carboxylic acid groups (broad SMARTS) is 1. The summed E-state index contributed by atoms with van der Waals surface area (Å²) >= 11 is 0. The van der Waals surface area contributed by atoms with Crippen LogP contribution in [0.15, 0.2) is 0 Å². The third-order valence-corrected chi connectivity index (χ3v) is 2.28. The van der Waals surface area contributed by atoms with E-state index in [2.05, 4.69) is 15.4 Å². The van der Waals surface area contributed by atoms with Crippen LogP contribution in [0.5, 0.6) is 0 Å². The molecule has 0 aromatic heterocycles. The first kappa shape index (κ1) is 18.1. The molecule has 0 heterocycles. The van der Waals surface area contributed by atoms with Crippen LogP contribution in [0, 0.1) is 0 Å². The smallest absolute Gasteiger partial charge is 0.328 e. The quantitative estimate of drug-likeness (QED) is 0.445. The van der Waals surface area contributed by atoms with E-state index in [-0.39, 0.29) is 19.1 Å². The van der Waals surface area contributed by atoms with E-state index < -0.39 is 18.0 Å². The van der Waals surface area contributed by atoms with Gasteiger partial charge in [0, 0.05) is 27.8 Å². The van der Waals surface area contributed by atoms with Crippen molar-refractivity contribution in [3.05, 3.63) is 0 Å². The number of hydrogen-bond acceptors (Lipinski definition) is 5. The number of rotatable bonds is 9. The van der Waals surface area contributed by atoms with Gasteiger partial charge < -0.3 is 30.1 Å². The molecule has 20 heavy (non-hydrogen) atoms. The van der Waals surface area contributed by atoms with Gasteiger partial charge in [-0.05, 0) is 0 Å². The Morgan fingerprint density at radius 3 is 2.40 bits per heavy atom. The maximum atomic E-state index is 11.7. The summed E-state index contributed by atoms with van der Waals surface area (Å²) in [5, 5.41) is 13.6. The van der Waals surface area contributed by atoms with E-state index >= 15 is 0 Å². The van der Waals surface area contributed by atoms with Crippen molar-refractivity contribution in [1.82, 2.24) is 15.5 Å². The topological polar surface area (TPSA) is 117 Å². The van der Waals surface area contributed by atoms with Gasteiger partial charge in [0.2, 0.25) is 5.91 Å². The fourth-order valence-electron chi connectivity index (χ4n) is 1.24. The SMILES string of the molecule is COCCNC(=O)CN(C)C(=O)NC(COC)C(=O)O. The molecule has 9 heteroatoms. The van der Waals surface area contributed by atoms with Crippen molar-refractivity contribution in [1.29, 1.82) is 0 Å². The molecular formula is C11H21N3O6. The molecule has 9 nitrogen and oxygen atoms in total. The van der Waals surface area contributed by atoms with Gasteiger partial charge >= 0.3 is 12.0 Å². The van der Waals surface area contributed by atoms with Crippen LogP contribution in [0.1, 0.15) is 0 Å². The zero-order valence-corrected chi connectivity index (χ0v) is 11.8. The van der Waals surface area contributed by atoms with Crippen molar-refractivity contribution < 1.29 is 29.0 Å². The predicted molar refractivity (Wildman–Crippen MR) is 69.3 cm³/mol. The third-order valence-electron chi connectivity index (χ3n) is 2.28. The van der Waals surface area contributed by atoms with Crippen molar-refractivity contribution in [2.75, 3.05) is 47.6 Å². The minimum absolute atomic E-state index is 0.158. The number of likely N-dealkylation sites (N-methyl/N-ethyl adjacent to an activating group) is 1. The van der Waals surface area contributed by atoms with Crippen LogP contribution in [0.3, 0.4) is 0 Å². The predicted octanol–water partition coefficient (Wildman–Crippen LogP) is -1.51. The van der Waals surface area contributed by atoms with Crippen LogP contribution in [0.25, 0.3) is 0 Å². The lowest BCUT2D eigenvalue weighted by Crippen LogP contribution is -2.50. The first-order valence-corrected chi connectivity index (χ1v) is 5.91. The molecule has 0 saturated heterocycles. The van der Waals surface area contributed by atoms with E-state index in [0.717, 1.165) is 4.90 Å². The molecule has 0 rings (SSSR count). The molecule has 0 aliphatic carbocycles. The molecule has 1 unspecified atom stereocenters. The Hall–Kier alpha value is -1.87. The third kappa shape index (κ3) is 7.54. The second-order valence-electron chi connectivity index (χ2n) is 3.99. The van der Waals surface area contributed by atoms with E-state index in [1.807, 2.05) is 0 Å². The normalized spacial score (nSPS) is 11.6. The number of methoxy groups -OCH3 is 2. The molecule has 0 radical (unpaired) electrons. The minimum Gasteiger partial charge on any atom is -0.480 e. The lowest BCUT2D eigenvalue weighted by atomic mass is 10.3. The maximum absolute atomic E-state index is 11.7. The highest BCUT2D eigenvalue weighted by Crippen LogP contribution is 1.90. The molecule has 0 spiro atoms. The van der Waals surface area contributed by atoms with Crippen LogP contribution in [-0.2, 0) is 19.1 Å². The monoisotopic (exact) mass is 291 g/mol. The highest BCUT2D eigenvalue weighted by molar-refractivity contribution is 5.86. The number of hydrogen-bond donors (Lipinski definition) is 3. The van der Waals surface area contributed by atoms with Crippen LogP contribution in [0.2, 0.25) is 0 Å². The number of urea groups is 1. The number of ether oxygens (including phenoxy) is 2. The van der Waals surface area contributed by atoms with Crippen molar-refractivity contribution in [2.24, 2.45) is 0 Å². The number of nitrogens with one attached hydrogen (secondary N) is 2. The Morgan fingerprint density at radius 2 is 1.90 bits per heavy atom. The van der Waals surface area contributed by atoms with E-state index in [9.17, 15) is 14.4 Å². The van der Waals surface area contributed by atoms with Gasteiger partial charge in [0.25, 0.3) is 0 Å². The van der Waals surface area contributed by atoms with Gasteiger partial charge in [-0.25, -0.2) is 9.59 Å². The van der Waals surface area contributed by atoms with Crippen LogP contribution < -0.4 is 10.6 Å². The Kier molecular flexibility index (Phi) is 9.05. The Morgan fingerprint density at radius 1 is 1.25 bits per heavy atom. The van der Waals surface area contributed by atoms with E-state index in [1.54, 1.807) is 0 Å². The first-order valence-electron chi connectivity index (χ1n) is 5.91. The molecule has 0 fully saturated rings. The summed E-state index contributed by atoms with van der Waals surface area (Å²) in [6, 6.07) is -1.83. The second-order valence-corrected chi connectivity index (χ2v) is 3.99. The highest BCUT2D eigenvalue weighted by Gasteiger charge is 2.22. The fraction of sp³-hybridized carbons (Fsp3) is 0.727. The van der Waals surface area contributed by atoms with Gasteiger partial charge in [0.15, 0.2) is 6.04 Å². The lowest BCUT2D eigenvalue weighted by molar-refractivity contribution is -0.140. The Balaban J connectivity index is 4.19. The molecule has 1 atom stereocenters. The number of nitrogens with zero attached hydrogens (tertiary/aromatic N) is 1. The summed E-state index contributed by atoms with van der Waals surface area (Å²) in [6.07, 6.45) is 0. The maximum Gasteiger partial charge on any atom is 0.328 e. The molecule has 3 N–H and O–H groups in total. The van der Waals surface area contributed by atoms with Gasteiger partial charge in [-0.2, -0.15) is 0 Å². The number of carbonyl (C=O) groups is 3. The van der Waals surface area contributed by atoms with Crippen LogP contribution >= 0.6 is 0 Å². The number of carboxylic acids is 1. The standard InChI is InChI=1S/C11H21N3O6/c1-14(6-9(15)12-4-5-19-2)11(18)13-8(7-20-3)10(16)17/h8H,4-7H2,1-3H3,(H,12,15)(H,13,18)(H,16,17). The average Bonchev–Trinajstić information content (AvgIpc) is 2.38. The van der Waals surface area contributed by atoms with Gasteiger partial charge in [-0.1, -0.05) is 0 Å². The molecule has 0 aliphatic heterocycles. The van der Waals surface area contributed by atoms with E-state index in [1.165, 1.54) is 21.3 Å². The summed E-state index contributed by atoms with van der Waals surface area (Å²) in [4.78, 5) is 35.1. The zero-order chi connectivity index (χ0) is 15.5. The molecule has 0 bridgehead atoms. The van der Waals surface area contributed by atoms with E-state index in [0.29, 0.717) is 13.2 Å². The Bertz CT molecular complexity index is 336. The second kappa shape index (κ2) is 9.98. The van der Waals surface area contributed by atoms with Crippen molar-refractivity contribution in [3.63, 3.8) is 0 Å².